The monoisotopic (exact) mass is 433 g/mol. The largest absolute Gasteiger partial charge is 0.453 e. The fraction of sp³-hybridized carbons (Fsp3) is 0.261. The number of nitrogens with one attached hydrogen (secondary N) is 1. The number of hydroxylamine groups is 1. The molecule has 9 nitrogen and oxygen atoms in total. The molecule has 1 aliphatic rings. The first-order valence-corrected chi connectivity index (χ1v) is 10.2. The summed E-state index contributed by atoms with van der Waals surface area (Å²) in [5, 5.41) is 11.1. The number of non-ortho nitro benzene ring substituents is 1. The second-order valence-electron chi connectivity index (χ2n) is 7.67. The number of rotatable bonds is 6. The summed E-state index contributed by atoms with van der Waals surface area (Å²) in [6, 6.07) is 12.2. The second-order valence-corrected chi connectivity index (χ2v) is 7.67. The fourth-order valence-electron chi connectivity index (χ4n) is 3.49. The Bertz CT molecular complexity index is 1190. The molecule has 0 spiro atoms. The first-order chi connectivity index (χ1) is 15.4. The third-order valence-corrected chi connectivity index (χ3v) is 5.07. The lowest BCUT2D eigenvalue weighted by atomic mass is 9.99. The number of nitro benzene ring substituents is 1. The van der Waals surface area contributed by atoms with Crippen LogP contribution in [-0.4, -0.2) is 33.4 Å². The Labute approximate surface area is 185 Å². The highest BCUT2D eigenvalue weighted by Crippen LogP contribution is 2.27. The van der Waals surface area contributed by atoms with Crippen molar-refractivity contribution in [2.45, 2.75) is 33.2 Å². The molecule has 1 aliphatic heterocycles. The number of ether oxygens (including phenoxy) is 1. The van der Waals surface area contributed by atoms with E-state index < -0.39 is 4.92 Å². The van der Waals surface area contributed by atoms with E-state index in [-0.39, 0.29) is 11.7 Å². The molecule has 0 bridgehead atoms. The third-order valence-electron chi connectivity index (χ3n) is 5.07. The summed E-state index contributed by atoms with van der Waals surface area (Å²) in [5.41, 5.74) is 6.83. The molecule has 0 radical (unpaired) electrons. The van der Waals surface area contributed by atoms with Crippen molar-refractivity contribution in [3.8, 4) is 11.5 Å². The molecule has 3 aromatic rings. The van der Waals surface area contributed by atoms with Crippen LogP contribution >= 0.6 is 0 Å². The van der Waals surface area contributed by atoms with Gasteiger partial charge in [-0.25, -0.2) is 15.4 Å². The Morgan fingerprint density at radius 3 is 2.84 bits per heavy atom. The van der Waals surface area contributed by atoms with Crippen LogP contribution in [0.1, 0.15) is 28.2 Å². The molecule has 2 aromatic carbocycles. The molecule has 0 amide bonds. The van der Waals surface area contributed by atoms with Crippen LogP contribution in [0.15, 0.2) is 53.7 Å². The number of nitro groups is 1. The first-order valence-electron chi connectivity index (χ1n) is 10.2. The van der Waals surface area contributed by atoms with Gasteiger partial charge in [0.2, 0.25) is 0 Å². The Morgan fingerprint density at radius 2 is 2.06 bits per heavy atom. The highest BCUT2D eigenvalue weighted by molar-refractivity contribution is 5.99. The molecule has 1 atom stereocenters. The van der Waals surface area contributed by atoms with Crippen molar-refractivity contribution in [3.05, 3.63) is 87.0 Å². The van der Waals surface area contributed by atoms with E-state index in [1.165, 1.54) is 35.0 Å². The van der Waals surface area contributed by atoms with Gasteiger partial charge in [-0.15, -0.1) is 0 Å². The molecule has 0 saturated carbocycles. The normalized spacial score (nSPS) is 15.6. The summed E-state index contributed by atoms with van der Waals surface area (Å²) in [7, 11) is 0. The number of aryl methyl sites for hydroxylation is 3. The topological polar surface area (TPSA) is 112 Å². The molecule has 0 aliphatic carbocycles. The minimum atomic E-state index is -0.475. The number of benzene rings is 2. The lowest BCUT2D eigenvalue weighted by Gasteiger charge is -2.23. The van der Waals surface area contributed by atoms with E-state index in [2.05, 4.69) is 47.5 Å². The summed E-state index contributed by atoms with van der Waals surface area (Å²) in [6.07, 6.45) is 2.25. The molecule has 32 heavy (non-hydrogen) atoms. The molecular weight excluding hydrogens is 410 g/mol. The summed E-state index contributed by atoms with van der Waals surface area (Å²) < 4.78 is 5.89. The molecule has 0 unspecified atom stereocenters. The van der Waals surface area contributed by atoms with E-state index in [0.29, 0.717) is 35.5 Å². The van der Waals surface area contributed by atoms with Crippen molar-refractivity contribution in [1.29, 1.82) is 0 Å². The van der Waals surface area contributed by atoms with E-state index in [4.69, 9.17) is 14.6 Å². The number of hydrogen-bond donors (Lipinski definition) is 1. The van der Waals surface area contributed by atoms with Crippen LogP contribution in [0.25, 0.3) is 0 Å². The summed E-state index contributed by atoms with van der Waals surface area (Å²) in [5.74, 6) is 1.58. The molecular formula is C23H23N5O4. The maximum Gasteiger partial charge on any atom is 0.273 e. The molecule has 0 saturated heterocycles. The van der Waals surface area contributed by atoms with E-state index in [1.54, 1.807) is 19.1 Å². The number of nitrogens with zero attached hydrogens (tertiary/aromatic N) is 4. The Morgan fingerprint density at radius 1 is 1.22 bits per heavy atom. The number of hydrogen-bond acceptors (Lipinski definition) is 8. The quantitative estimate of drug-likeness (QED) is 0.462. The molecule has 0 fully saturated rings. The number of aliphatic imine (C=N–C) groups is 1. The van der Waals surface area contributed by atoms with Crippen molar-refractivity contribution in [3.63, 3.8) is 0 Å². The van der Waals surface area contributed by atoms with Crippen LogP contribution in [0, 0.1) is 30.9 Å². The predicted molar refractivity (Wildman–Crippen MR) is 119 cm³/mol. The van der Waals surface area contributed by atoms with E-state index in [1.807, 2.05) is 0 Å². The van der Waals surface area contributed by atoms with E-state index >= 15 is 0 Å². The minimum Gasteiger partial charge on any atom is -0.453 e. The van der Waals surface area contributed by atoms with Crippen LogP contribution in [0.2, 0.25) is 0 Å². The van der Waals surface area contributed by atoms with Gasteiger partial charge in [0, 0.05) is 6.07 Å². The summed E-state index contributed by atoms with van der Waals surface area (Å²) >= 11 is 0. The van der Waals surface area contributed by atoms with Gasteiger partial charge < -0.3 is 4.74 Å². The van der Waals surface area contributed by atoms with Crippen molar-refractivity contribution in [2.24, 2.45) is 4.99 Å². The standard InChI is InChI=1S/C23H23N5O4/c1-14-7-8-17(15(2)9-14)10-18-13-31-27-23(26-18)22-21(12-24-16(3)25-22)32-20-6-4-5-19(11-20)28(29)30/h4-9,11-12,18H,10,13H2,1-3H3,(H,26,27)/t18-/m1/s1. The first kappa shape index (κ1) is 21.4. The van der Waals surface area contributed by atoms with Gasteiger partial charge in [-0.2, -0.15) is 0 Å². The van der Waals surface area contributed by atoms with Gasteiger partial charge in [0.05, 0.1) is 29.8 Å². The predicted octanol–water partition coefficient (Wildman–Crippen LogP) is 4.00. The van der Waals surface area contributed by atoms with Crippen LogP contribution in [0.5, 0.6) is 11.5 Å². The molecule has 1 N–H and O–H groups in total. The zero-order valence-corrected chi connectivity index (χ0v) is 18.0. The van der Waals surface area contributed by atoms with E-state index in [9.17, 15) is 10.1 Å². The molecule has 1 aromatic heterocycles. The number of amidine groups is 1. The summed E-state index contributed by atoms with van der Waals surface area (Å²) in [4.78, 5) is 29.7. The van der Waals surface area contributed by atoms with Gasteiger partial charge >= 0.3 is 0 Å². The van der Waals surface area contributed by atoms with Gasteiger partial charge in [0.15, 0.2) is 17.3 Å². The fourth-order valence-corrected chi connectivity index (χ4v) is 3.49. The highest BCUT2D eigenvalue weighted by Gasteiger charge is 2.23. The zero-order chi connectivity index (χ0) is 22.7. The average Bonchev–Trinajstić information content (AvgIpc) is 2.77. The molecule has 9 heteroatoms. The van der Waals surface area contributed by atoms with Gasteiger partial charge in [-0.1, -0.05) is 29.8 Å². The molecule has 4 rings (SSSR count). The van der Waals surface area contributed by atoms with Crippen molar-refractivity contribution in [2.75, 3.05) is 6.61 Å². The minimum absolute atomic E-state index is 0.0675. The summed E-state index contributed by atoms with van der Waals surface area (Å²) in [6.45, 7) is 6.34. The molecule has 2 heterocycles. The van der Waals surface area contributed by atoms with Gasteiger partial charge in [0.25, 0.3) is 5.69 Å². The number of aromatic nitrogens is 2. The smallest absolute Gasteiger partial charge is 0.273 e. The van der Waals surface area contributed by atoms with Gasteiger partial charge in [0.1, 0.15) is 11.6 Å². The second kappa shape index (κ2) is 9.11. The highest BCUT2D eigenvalue weighted by atomic mass is 16.6. The van der Waals surface area contributed by atoms with Crippen LogP contribution in [0.3, 0.4) is 0 Å². The van der Waals surface area contributed by atoms with Crippen molar-refractivity contribution in [1.82, 2.24) is 15.4 Å². The lowest BCUT2D eigenvalue weighted by molar-refractivity contribution is -0.384. The van der Waals surface area contributed by atoms with Crippen LogP contribution in [-0.2, 0) is 11.3 Å². The van der Waals surface area contributed by atoms with E-state index in [0.717, 1.165) is 6.42 Å². The SMILES string of the molecule is Cc1ccc(C[C@@H]2CONC(c3nc(C)ncc3Oc3cccc([N+](=O)[O-])c3)=N2)c(C)c1. The van der Waals surface area contributed by atoms with Crippen LogP contribution in [0.4, 0.5) is 5.69 Å². The third kappa shape index (κ3) is 4.89. The maximum absolute atomic E-state index is 11.1. The zero-order valence-electron chi connectivity index (χ0n) is 18.0. The molecule has 164 valence electrons. The average molecular weight is 433 g/mol. The van der Waals surface area contributed by atoms with Gasteiger partial charge in [-0.3, -0.25) is 19.9 Å². The van der Waals surface area contributed by atoms with Crippen LogP contribution < -0.4 is 10.2 Å². The van der Waals surface area contributed by atoms with Crippen molar-refractivity contribution < 1.29 is 14.5 Å². The Kier molecular flexibility index (Phi) is 6.09. The Hall–Kier alpha value is -3.85. The Balaban J connectivity index is 1.63. The maximum atomic E-state index is 11.1. The lowest BCUT2D eigenvalue weighted by Crippen LogP contribution is -2.37. The van der Waals surface area contributed by atoms with Gasteiger partial charge in [-0.05, 0) is 44.4 Å². The van der Waals surface area contributed by atoms with Crippen molar-refractivity contribution >= 4 is 11.5 Å².